The van der Waals surface area contributed by atoms with Crippen LogP contribution in [0, 0.1) is 0 Å². The molecule has 0 saturated carbocycles. The molecule has 12 rings (SSSR count). The molecule has 0 aliphatic carbocycles. The van der Waals surface area contributed by atoms with Crippen LogP contribution in [0.4, 0.5) is 34.1 Å². The molecule has 0 unspecified atom stereocenters. The van der Waals surface area contributed by atoms with Crippen molar-refractivity contribution in [3.63, 3.8) is 0 Å². The van der Waals surface area contributed by atoms with Gasteiger partial charge in [0, 0.05) is 52.1 Å². The lowest BCUT2D eigenvalue weighted by Crippen LogP contribution is -2.77. The van der Waals surface area contributed by atoms with Crippen LogP contribution in [0.15, 0.2) is 224 Å². The molecule has 3 aliphatic rings. The van der Waals surface area contributed by atoms with Crippen molar-refractivity contribution in [2.75, 3.05) is 9.80 Å². The van der Waals surface area contributed by atoms with E-state index in [0.717, 1.165) is 62.1 Å². The predicted octanol–water partition coefficient (Wildman–Crippen LogP) is 9.04. The summed E-state index contributed by atoms with van der Waals surface area (Å²) >= 11 is 0. The molecule has 0 aromatic heterocycles. The molecule has 9 aromatic carbocycles. The van der Waals surface area contributed by atoms with Gasteiger partial charge in [-0.2, -0.15) is 0 Å². The van der Waals surface area contributed by atoms with Crippen LogP contribution in [0.2, 0.25) is 0 Å². The normalized spacial score (nSPS) is 13.7. The molecule has 282 valence electrons. The molecule has 9 aromatic rings. The molecule has 0 atom stereocenters. The first-order valence-corrected chi connectivity index (χ1v) is 22.5. The van der Waals surface area contributed by atoms with Crippen molar-refractivity contribution in [2.45, 2.75) is 0 Å². The molecule has 0 amide bonds. The van der Waals surface area contributed by atoms with E-state index in [1.165, 1.54) is 32.1 Å². The van der Waals surface area contributed by atoms with Crippen LogP contribution in [0.5, 0.6) is 23.0 Å². The fourth-order valence-electron chi connectivity index (χ4n) is 9.98. The Balaban J connectivity index is 1.05. The largest absolute Gasteiger partial charge is 0.458 e. The molecular weight excluding hydrogens is 748 g/mol. The van der Waals surface area contributed by atoms with Crippen LogP contribution in [-0.2, 0) is 0 Å². The third kappa shape index (κ3) is 5.17. The monoisotopic (exact) mass is 784 g/mol. The molecule has 3 heterocycles. The van der Waals surface area contributed by atoms with E-state index in [9.17, 15) is 0 Å². The minimum atomic E-state index is -2.75. The van der Waals surface area contributed by atoms with Gasteiger partial charge >= 0.3 is 0 Å². The average Bonchev–Trinajstić information content (AvgIpc) is 3.32. The summed E-state index contributed by atoms with van der Waals surface area (Å²) in [5.74, 6) is 3.30. The van der Waals surface area contributed by atoms with E-state index in [0.29, 0.717) is 0 Å². The highest BCUT2D eigenvalue weighted by molar-refractivity contribution is 7.21. The van der Waals surface area contributed by atoms with Gasteiger partial charge in [0.15, 0.2) is 8.07 Å². The van der Waals surface area contributed by atoms with Gasteiger partial charge in [0.25, 0.3) is 6.71 Å². The number of hydrogen-bond acceptors (Lipinski definition) is 4. The second kappa shape index (κ2) is 13.8. The highest BCUT2D eigenvalue weighted by Gasteiger charge is 2.49. The number of para-hydroxylation sites is 5. The topological polar surface area (TPSA) is 24.9 Å². The lowest BCUT2D eigenvalue weighted by atomic mass is 9.35. The third-order valence-corrected chi connectivity index (χ3v) is 17.3. The van der Waals surface area contributed by atoms with Gasteiger partial charge in [-0.3, -0.25) is 0 Å². The SMILES string of the molecule is c1ccc(N(c2ccccc2)c2cc3c4c(c2)Oc2cc(N5c6ccccc6[Si](c6ccccc6)(c6ccccc6)c6ccccc65)ccc2B4c2ccccc2O3)cc1. The van der Waals surface area contributed by atoms with Crippen molar-refractivity contribution in [1.29, 1.82) is 0 Å². The van der Waals surface area contributed by atoms with E-state index < -0.39 is 8.07 Å². The van der Waals surface area contributed by atoms with Gasteiger partial charge in [0.2, 0.25) is 0 Å². The van der Waals surface area contributed by atoms with Crippen LogP contribution in [-0.4, -0.2) is 14.8 Å². The summed E-state index contributed by atoms with van der Waals surface area (Å²) in [4.78, 5) is 4.72. The van der Waals surface area contributed by atoms with Crippen LogP contribution < -0.4 is 56.4 Å². The summed E-state index contributed by atoms with van der Waals surface area (Å²) in [6.45, 7) is -0.0640. The van der Waals surface area contributed by atoms with Crippen molar-refractivity contribution in [3.05, 3.63) is 224 Å². The molecular formula is C54H37BN2O2Si. The number of nitrogens with zero attached hydrogens (tertiary/aromatic N) is 2. The molecule has 0 N–H and O–H groups in total. The Kier molecular flexibility index (Phi) is 7.93. The maximum Gasteiger partial charge on any atom is 0.260 e. The standard InChI is InChI=1S/C54H37BN2O2Si/c1-5-19-38(20-6-1)56(39-21-7-2-8-22-39)41-36-50-54-51(37-41)59-49-35-40(33-34-45(49)55(54)44-27-13-16-30-48(44)58-50)57-46-28-14-17-31-52(46)60(42-23-9-3-10-24-42,43-25-11-4-12-26-43)53-32-18-15-29-47(53)57/h1-37H. The Morgan fingerprint density at radius 2 is 0.850 bits per heavy atom. The maximum atomic E-state index is 7.16. The van der Waals surface area contributed by atoms with Crippen LogP contribution in [0.1, 0.15) is 0 Å². The Morgan fingerprint density at radius 3 is 1.43 bits per heavy atom. The van der Waals surface area contributed by atoms with Gasteiger partial charge in [-0.05, 0) is 80.2 Å². The molecule has 0 spiro atoms. The molecule has 4 nitrogen and oxygen atoms in total. The highest BCUT2D eigenvalue weighted by Crippen LogP contribution is 2.44. The number of ether oxygens (including phenoxy) is 2. The molecule has 0 radical (unpaired) electrons. The summed E-state index contributed by atoms with van der Waals surface area (Å²) in [5, 5.41) is 5.45. The summed E-state index contributed by atoms with van der Waals surface area (Å²) in [6, 6.07) is 81.0. The number of hydrogen-bond donors (Lipinski definition) is 0. The fraction of sp³-hybridized carbons (Fsp3) is 0. The molecule has 0 bridgehead atoms. The summed E-state index contributed by atoms with van der Waals surface area (Å²) in [5.41, 5.74) is 9.79. The van der Waals surface area contributed by atoms with Crippen molar-refractivity contribution >= 4 is 86.0 Å². The molecule has 0 fully saturated rings. The molecule has 0 saturated heterocycles. The number of fused-ring (bicyclic) bond motifs is 6. The lowest BCUT2D eigenvalue weighted by molar-refractivity contribution is 0.465. The van der Waals surface area contributed by atoms with Gasteiger partial charge in [0.05, 0.1) is 5.69 Å². The third-order valence-electron chi connectivity index (χ3n) is 12.4. The summed E-state index contributed by atoms with van der Waals surface area (Å²) in [6.07, 6.45) is 0. The van der Waals surface area contributed by atoms with Gasteiger partial charge in [0.1, 0.15) is 23.0 Å². The van der Waals surface area contributed by atoms with Gasteiger partial charge < -0.3 is 19.3 Å². The first-order chi connectivity index (χ1) is 29.8. The smallest absolute Gasteiger partial charge is 0.260 e. The van der Waals surface area contributed by atoms with Crippen molar-refractivity contribution in [1.82, 2.24) is 0 Å². The first-order valence-electron chi connectivity index (χ1n) is 20.5. The van der Waals surface area contributed by atoms with E-state index in [-0.39, 0.29) is 6.71 Å². The maximum absolute atomic E-state index is 7.16. The first kappa shape index (κ1) is 34.5. The van der Waals surface area contributed by atoms with Crippen LogP contribution in [0.3, 0.4) is 0 Å². The summed E-state index contributed by atoms with van der Waals surface area (Å²) < 4.78 is 13.9. The van der Waals surface area contributed by atoms with E-state index in [2.05, 4.69) is 234 Å². The van der Waals surface area contributed by atoms with Gasteiger partial charge in [-0.1, -0.05) is 158 Å². The molecule has 3 aliphatic heterocycles. The lowest BCUT2D eigenvalue weighted by Gasteiger charge is -2.45. The number of anilines is 6. The Morgan fingerprint density at radius 1 is 0.383 bits per heavy atom. The Bertz CT molecular complexity index is 2940. The molecule has 6 heteroatoms. The quantitative estimate of drug-likeness (QED) is 0.157. The minimum absolute atomic E-state index is 0.0640. The fourth-order valence-corrected chi connectivity index (χ4v) is 15.1. The zero-order valence-corrected chi connectivity index (χ0v) is 33.7. The van der Waals surface area contributed by atoms with E-state index in [4.69, 9.17) is 9.47 Å². The predicted molar refractivity (Wildman–Crippen MR) is 251 cm³/mol. The van der Waals surface area contributed by atoms with Gasteiger partial charge in [-0.25, -0.2) is 0 Å². The van der Waals surface area contributed by atoms with Crippen molar-refractivity contribution < 1.29 is 9.47 Å². The Labute approximate surface area is 351 Å². The second-order valence-electron chi connectivity index (χ2n) is 15.6. The number of benzene rings is 9. The second-order valence-corrected chi connectivity index (χ2v) is 19.3. The Hall–Kier alpha value is -7.54. The van der Waals surface area contributed by atoms with E-state index in [1.54, 1.807) is 0 Å². The highest BCUT2D eigenvalue weighted by atomic mass is 28.3. The van der Waals surface area contributed by atoms with Crippen LogP contribution in [0.25, 0.3) is 0 Å². The van der Waals surface area contributed by atoms with E-state index >= 15 is 0 Å². The average molecular weight is 785 g/mol. The zero-order chi connectivity index (χ0) is 39.6. The van der Waals surface area contributed by atoms with Crippen molar-refractivity contribution in [2.24, 2.45) is 0 Å². The van der Waals surface area contributed by atoms with Crippen LogP contribution >= 0.6 is 0 Å². The zero-order valence-electron chi connectivity index (χ0n) is 32.7. The van der Waals surface area contributed by atoms with Crippen molar-refractivity contribution in [3.8, 4) is 23.0 Å². The number of rotatable bonds is 6. The molecule has 60 heavy (non-hydrogen) atoms. The minimum Gasteiger partial charge on any atom is -0.458 e. The van der Waals surface area contributed by atoms with Gasteiger partial charge in [-0.15, -0.1) is 0 Å². The summed E-state index contributed by atoms with van der Waals surface area (Å²) in [7, 11) is -2.75. The van der Waals surface area contributed by atoms with E-state index in [1.807, 2.05) is 0 Å².